The van der Waals surface area contributed by atoms with Crippen molar-refractivity contribution in [3.8, 4) is 11.8 Å². The fourth-order valence-corrected chi connectivity index (χ4v) is 1.41. The Kier molecular flexibility index (Phi) is 6.00. The highest BCUT2D eigenvalue weighted by Gasteiger charge is 2.19. The first-order chi connectivity index (χ1) is 9.58. The number of nitriles is 1. The molecule has 1 aromatic rings. The summed E-state index contributed by atoms with van der Waals surface area (Å²) in [5.74, 6) is -1.54. The monoisotopic (exact) mass is 278 g/mol. The van der Waals surface area contributed by atoms with Crippen LogP contribution in [0.4, 0.5) is 0 Å². The molecule has 2 N–H and O–H groups in total. The topological polar surface area (TPSA) is 109 Å². The van der Waals surface area contributed by atoms with Crippen LogP contribution in [0.2, 0.25) is 0 Å². The molecule has 7 nitrogen and oxygen atoms in total. The summed E-state index contributed by atoms with van der Waals surface area (Å²) in [4.78, 5) is 22.4. The number of rotatable bonds is 7. The second-order valence-corrected chi connectivity index (χ2v) is 3.81. The first-order valence-corrected chi connectivity index (χ1v) is 5.71. The molecule has 0 fully saturated rings. The van der Waals surface area contributed by atoms with Gasteiger partial charge in [-0.3, -0.25) is 4.79 Å². The molecule has 0 heterocycles. The molecule has 0 spiro atoms. The number of aliphatic carboxylic acids is 1. The fourth-order valence-electron chi connectivity index (χ4n) is 1.41. The van der Waals surface area contributed by atoms with Gasteiger partial charge < -0.3 is 19.9 Å². The average Bonchev–Trinajstić information content (AvgIpc) is 2.44. The minimum Gasteiger partial charge on any atom is -0.482 e. The number of carbonyl (C=O) groups excluding carboxylic acids is 1. The average molecular weight is 278 g/mol. The molecule has 106 valence electrons. The van der Waals surface area contributed by atoms with E-state index < -0.39 is 17.9 Å². The van der Waals surface area contributed by atoms with E-state index in [2.05, 4.69) is 10.1 Å². The molecule has 1 atom stereocenters. The number of amides is 1. The van der Waals surface area contributed by atoms with Crippen molar-refractivity contribution in [3.63, 3.8) is 0 Å². The van der Waals surface area contributed by atoms with Gasteiger partial charge in [0.15, 0.2) is 12.6 Å². The second-order valence-electron chi connectivity index (χ2n) is 3.81. The highest BCUT2D eigenvalue weighted by molar-refractivity contribution is 5.84. The Morgan fingerprint density at radius 3 is 2.75 bits per heavy atom. The number of carboxylic acid groups (broad SMARTS) is 1. The summed E-state index contributed by atoms with van der Waals surface area (Å²) in [6.07, 6.45) is 0. The van der Waals surface area contributed by atoms with Crippen molar-refractivity contribution in [1.82, 2.24) is 5.32 Å². The zero-order chi connectivity index (χ0) is 15.0. The van der Waals surface area contributed by atoms with Crippen LogP contribution < -0.4 is 10.1 Å². The molecule has 0 aromatic heterocycles. The third-order valence-corrected chi connectivity index (χ3v) is 2.33. The molecule has 0 aliphatic carbocycles. The first kappa shape index (κ1) is 15.5. The second kappa shape index (κ2) is 7.76. The van der Waals surface area contributed by atoms with Gasteiger partial charge >= 0.3 is 5.97 Å². The number of para-hydroxylation sites is 1. The summed E-state index contributed by atoms with van der Waals surface area (Å²) in [7, 11) is 1.34. The van der Waals surface area contributed by atoms with Crippen LogP contribution in [0.1, 0.15) is 5.56 Å². The third kappa shape index (κ3) is 4.59. The van der Waals surface area contributed by atoms with Crippen molar-refractivity contribution in [3.05, 3.63) is 29.8 Å². The van der Waals surface area contributed by atoms with Gasteiger partial charge in [0.1, 0.15) is 11.8 Å². The molecule has 7 heteroatoms. The minimum absolute atomic E-state index is 0.143. The molecule has 0 bridgehead atoms. The zero-order valence-corrected chi connectivity index (χ0v) is 10.8. The van der Waals surface area contributed by atoms with E-state index in [-0.39, 0.29) is 19.0 Å². The number of nitrogens with zero attached hydrogens (tertiary/aromatic N) is 1. The number of hydrogen-bond acceptors (Lipinski definition) is 5. The van der Waals surface area contributed by atoms with Crippen LogP contribution in [0.25, 0.3) is 0 Å². The lowest BCUT2D eigenvalue weighted by Gasteiger charge is -2.14. The number of carbonyl (C=O) groups is 2. The number of hydrogen-bond donors (Lipinski definition) is 2. The zero-order valence-electron chi connectivity index (χ0n) is 10.8. The van der Waals surface area contributed by atoms with Crippen molar-refractivity contribution in [2.24, 2.45) is 0 Å². The highest BCUT2D eigenvalue weighted by Crippen LogP contribution is 2.16. The SMILES string of the molecule is COCC(NC(=O)COc1ccccc1C#N)C(=O)O. The summed E-state index contributed by atoms with van der Waals surface area (Å²) < 4.78 is 9.87. The van der Waals surface area contributed by atoms with Gasteiger partial charge in [0.2, 0.25) is 0 Å². The Bertz CT molecular complexity index is 524. The van der Waals surface area contributed by atoms with E-state index in [0.717, 1.165) is 0 Å². The van der Waals surface area contributed by atoms with Gasteiger partial charge in [0, 0.05) is 7.11 Å². The normalized spacial score (nSPS) is 11.2. The van der Waals surface area contributed by atoms with E-state index >= 15 is 0 Å². The molecule has 1 aromatic carbocycles. The van der Waals surface area contributed by atoms with Crippen LogP contribution in [0.3, 0.4) is 0 Å². The maximum atomic E-state index is 11.6. The molecule has 1 unspecified atom stereocenters. The van der Waals surface area contributed by atoms with Gasteiger partial charge in [-0.2, -0.15) is 5.26 Å². The lowest BCUT2D eigenvalue weighted by atomic mass is 10.2. The van der Waals surface area contributed by atoms with Crippen molar-refractivity contribution in [2.45, 2.75) is 6.04 Å². The summed E-state index contributed by atoms with van der Waals surface area (Å²) in [6, 6.07) is 7.23. The maximum Gasteiger partial charge on any atom is 0.328 e. The Morgan fingerprint density at radius 2 is 2.15 bits per heavy atom. The first-order valence-electron chi connectivity index (χ1n) is 5.71. The van der Waals surface area contributed by atoms with E-state index in [4.69, 9.17) is 15.1 Å². The van der Waals surface area contributed by atoms with Gasteiger partial charge in [-0.25, -0.2) is 4.79 Å². The Labute approximate surface area is 115 Å². The Balaban J connectivity index is 2.55. The van der Waals surface area contributed by atoms with Gasteiger partial charge in [-0.05, 0) is 12.1 Å². The summed E-state index contributed by atoms with van der Waals surface area (Å²) in [5.41, 5.74) is 0.298. The predicted molar refractivity (Wildman–Crippen MR) is 68.1 cm³/mol. The fraction of sp³-hybridized carbons (Fsp3) is 0.308. The third-order valence-electron chi connectivity index (χ3n) is 2.33. The van der Waals surface area contributed by atoms with Crippen LogP contribution in [0.5, 0.6) is 5.75 Å². The molecule has 1 amide bonds. The quantitative estimate of drug-likeness (QED) is 0.735. The lowest BCUT2D eigenvalue weighted by Crippen LogP contribution is -2.45. The largest absolute Gasteiger partial charge is 0.482 e. The molecule has 0 saturated carbocycles. The Hall–Kier alpha value is -2.59. The molecule has 0 radical (unpaired) electrons. The van der Waals surface area contributed by atoms with E-state index in [1.807, 2.05) is 6.07 Å². The minimum atomic E-state index is -1.20. The predicted octanol–water partition coefficient (Wildman–Crippen LogP) is 0.153. The number of benzene rings is 1. The molecule has 0 aliphatic heterocycles. The Morgan fingerprint density at radius 1 is 1.45 bits per heavy atom. The van der Waals surface area contributed by atoms with Crippen molar-refractivity contribution < 1.29 is 24.2 Å². The van der Waals surface area contributed by atoms with Gasteiger partial charge in [0.25, 0.3) is 5.91 Å². The molecule has 1 rings (SSSR count). The van der Waals surface area contributed by atoms with E-state index in [9.17, 15) is 9.59 Å². The molecular weight excluding hydrogens is 264 g/mol. The summed E-state index contributed by atoms with van der Waals surface area (Å²) in [5, 5.41) is 19.9. The molecule has 20 heavy (non-hydrogen) atoms. The number of carboxylic acids is 1. The van der Waals surface area contributed by atoms with Crippen LogP contribution in [-0.2, 0) is 14.3 Å². The lowest BCUT2D eigenvalue weighted by molar-refractivity contribution is -0.143. The van der Waals surface area contributed by atoms with Crippen molar-refractivity contribution >= 4 is 11.9 Å². The van der Waals surface area contributed by atoms with Crippen molar-refractivity contribution in [2.75, 3.05) is 20.3 Å². The van der Waals surface area contributed by atoms with E-state index in [0.29, 0.717) is 5.56 Å². The van der Waals surface area contributed by atoms with Crippen LogP contribution in [0.15, 0.2) is 24.3 Å². The van der Waals surface area contributed by atoms with Crippen LogP contribution >= 0.6 is 0 Å². The van der Waals surface area contributed by atoms with Crippen molar-refractivity contribution in [1.29, 1.82) is 5.26 Å². The van der Waals surface area contributed by atoms with Gasteiger partial charge in [-0.1, -0.05) is 12.1 Å². The number of nitrogens with one attached hydrogen (secondary N) is 1. The van der Waals surface area contributed by atoms with Gasteiger partial charge in [0.05, 0.1) is 12.2 Å². The maximum absolute atomic E-state index is 11.6. The smallest absolute Gasteiger partial charge is 0.328 e. The number of ether oxygens (including phenoxy) is 2. The van der Waals surface area contributed by atoms with Crippen LogP contribution in [0, 0.1) is 11.3 Å². The number of methoxy groups -OCH3 is 1. The molecule has 0 saturated heterocycles. The van der Waals surface area contributed by atoms with E-state index in [1.165, 1.54) is 7.11 Å². The van der Waals surface area contributed by atoms with Crippen LogP contribution in [-0.4, -0.2) is 43.3 Å². The van der Waals surface area contributed by atoms with Gasteiger partial charge in [-0.15, -0.1) is 0 Å². The highest BCUT2D eigenvalue weighted by atomic mass is 16.5. The summed E-state index contributed by atoms with van der Waals surface area (Å²) >= 11 is 0. The van der Waals surface area contributed by atoms with E-state index in [1.54, 1.807) is 24.3 Å². The summed E-state index contributed by atoms with van der Waals surface area (Å²) in [6.45, 7) is -0.526. The molecular formula is C13H14N2O5. The molecule has 0 aliphatic rings. The standard InChI is InChI=1S/C13H14N2O5/c1-19-7-10(13(17)18)15-12(16)8-20-11-5-3-2-4-9(11)6-14/h2-5,10H,7-8H2,1H3,(H,15,16)(H,17,18).